The van der Waals surface area contributed by atoms with E-state index < -0.39 is 10.0 Å². The maximum Gasteiger partial charge on any atom is 0.241 e. The van der Waals surface area contributed by atoms with Crippen molar-refractivity contribution in [2.45, 2.75) is 11.4 Å². The number of hydrogen-bond acceptors (Lipinski definition) is 7. The molecule has 0 amide bonds. The van der Waals surface area contributed by atoms with E-state index in [0.717, 1.165) is 0 Å². The second-order valence-corrected chi connectivity index (χ2v) is 5.10. The lowest BCUT2D eigenvalue weighted by atomic mass is 10.4. The van der Waals surface area contributed by atoms with E-state index in [1.807, 2.05) is 0 Å². The molecule has 0 aliphatic rings. The molecule has 0 aliphatic carbocycles. The van der Waals surface area contributed by atoms with Crippen molar-refractivity contribution in [3.8, 4) is 0 Å². The van der Waals surface area contributed by atoms with E-state index in [9.17, 15) is 8.42 Å². The standard InChI is InChI=1S/C9H11N5O3S/c10-13-9-5-8(1-3-11-9)18(15,16)12-6-7-2-4-17-14-7/h1-5,12H,6,10H2,(H,11,13). The van der Waals surface area contributed by atoms with E-state index >= 15 is 0 Å². The summed E-state index contributed by atoms with van der Waals surface area (Å²) in [6, 6.07) is 4.26. The molecule has 0 saturated carbocycles. The molecule has 4 N–H and O–H groups in total. The summed E-state index contributed by atoms with van der Waals surface area (Å²) >= 11 is 0. The number of rotatable bonds is 5. The van der Waals surface area contributed by atoms with E-state index in [0.29, 0.717) is 5.69 Å². The first-order valence-electron chi connectivity index (χ1n) is 4.93. The quantitative estimate of drug-likeness (QED) is 0.508. The number of hydrazine groups is 1. The Labute approximate surface area is 103 Å². The lowest BCUT2D eigenvalue weighted by Gasteiger charge is -2.06. The van der Waals surface area contributed by atoms with Crippen LogP contribution in [0, 0.1) is 0 Å². The average molecular weight is 269 g/mol. The van der Waals surface area contributed by atoms with E-state index in [1.54, 1.807) is 6.07 Å². The summed E-state index contributed by atoms with van der Waals surface area (Å²) in [5.41, 5.74) is 2.77. The summed E-state index contributed by atoms with van der Waals surface area (Å²) in [4.78, 5) is 3.89. The van der Waals surface area contributed by atoms with Gasteiger partial charge in [-0.25, -0.2) is 24.0 Å². The van der Waals surface area contributed by atoms with Crippen LogP contribution in [0.2, 0.25) is 0 Å². The number of nitrogens with one attached hydrogen (secondary N) is 2. The molecule has 0 radical (unpaired) electrons. The van der Waals surface area contributed by atoms with Gasteiger partial charge in [-0.3, -0.25) is 0 Å². The van der Waals surface area contributed by atoms with Crippen LogP contribution in [0.25, 0.3) is 0 Å². The molecular weight excluding hydrogens is 258 g/mol. The van der Waals surface area contributed by atoms with Gasteiger partial charge in [0.15, 0.2) is 0 Å². The van der Waals surface area contributed by atoms with Gasteiger partial charge < -0.3 is 9.95 Å². The smallest absolute Gasteiger partial charge is 0.241 e. The maximum absolute atomic E-state index is 11.9. The summed E-state index contributed by atoms with van der Waals surface area (Å²) in [7, 11) is -3.64. The van der Waals surface area contributed by atoms with E-state index in [1.165, 1.54) is 24.6 Å². The SMILES string of the molecule is NNc1cc(S(=O)(=O)NCc2ccon2)ccn1. The van der Waals surface area contributed by atoms with Gasteiger partial charge in [0.05, 0.1) is 17.1 Å². The highest BCUT2D eigenvalue weighted by atomic mass is 32.2. The van der Waals surface area contributed by atoms with Crippen LogP contribution >= 0.6 is 0 Å². The summed E-state index contributed by atoms with van der Waals surface area (Å²) < 4.78 is 30.8. The van der Waals surface area contributed by atoms with Crippen LogP contribution in [-0.4, -0.2) is 18.6 Å². The monoisotopic (exact) mass is 269 g/mol. The fourth-order valence-corrected chi connectivity index (χ4v) is 2.25. The fraction of sp³-hybridized carbons (Fsp3) is 0.111. The van der Waals surface area contributed by atoms with Crippen molar-refractivity contribution in [3.63, 3.8) is 0 Å². The van der Waals surface area contributed by atoms with Crippen molar-refractivity contribution < 1.29 is 12.9 Å². The molecule has 0 saturated heterocycles. The lowest BCUT2D eigenvalue weighted by Crippen LogP contribution is -2.23. The minimum atomic E-state index is -3.64. The number of nitrogens with two attached hydrogens (primary N) is 1. The molecule has 2 rings (SSSR count). The Bertz CT molecular complexity index is 611. The summed E-state index contributed by atoms with van der Waals surface area (Å²) in [5, 5.41) is 3.60. The third-order valence-corrected chi connectivity index (χ3v) is 3.52. The predicted octanol–water partition coefficient (Wildman–Crippen LogP) is -0.166. The van der Waals surface area contributed by atoms with Gasteiger partial charge in [0.1, 0.15) is 12.1 Å². The second-order valence-electron chi connectivity index (χ2n) is 3.34. The van der Waals surface area contributed by atoms with Gasteiger partial charge in [-0.2, -0.15) is 0 Å². The van der Waals surface area contributed by atoms with Gasteiger partial charge in [0.2, 0.25) is 10.0 Å². The first-order valence-corrected chi connectivity index (χ1v) is 6.42. The third-order valence-electron chi connectivity index (χ3n) is 2.12. The van der Waals surface area contributed by atoms with E-state index in [-0.39, 0.29) is 17.3 Å². The predicted molar refractivity (Wildman–Crippen MR) is 62.6 cm³/mol. The number of sulfonamides is 1. The maximum atomic E-state index is 11.9. The van der Waals surface area contributed by atoms with Crippen molar-refractivity contribution >= 4 is 15.8 Å². The molecule has 2 heterocycles. The molecule has 0 atom stereocenters. The second kappa shape index (κ2) is 5.12. The first kappa shape index (κ1) is 12.5. The number of hydrogen-bond donors (Lipinski definition) is 3. The highest BCUT2D eigenvalue weighted by Gasteiger charge is 2.15. The minimum absolute atomic E-state index is 0.0482. The molecule has 0 spiro atoms. The van der Waals surface area contributed by atoms with E-state index in [4.69, 9.17) is 5.84 Å². The summed E-state index contributed by atoms with van der Waals surface area (Å²) in [5.74, 6) is 5.43. The Hall–Kier alpha value is -1.97. The molecule has 8 nitrogen and oxygen atoms in total. The highest BCUT2D eigenvalue weighted by Crippen LogP contribution is 2.12. The molecule has 2 aromatic heterocycles. The van der Waals surface area contributed by atoms with Crippen LogP contribution in [0.1, 0.15) is 5.69 Å². The van der Waals surface area contributed by atoms with Crippen LogP contribution in [0.3, 0.4) is 0 Å². The Balaban J connectivity index is 2.14. The molecule has 18 heavy (non-hydrogen) atoms. The van der Waals surface area contributed by atoms with Gasteiger partial charge >= 0.3 is 0 Å². The van der Waals surface area contributed by atoms with Crippen LogP contribution in [0.4, 0.5) is 5.82 Å². The molecule has 9 heteroatoms. The number of pyridine rings is 1. The van der Waals surface area contributed by atoms with Gasteiger partial charge in [-0.15, -0.1) is 0 Å². The molecule has 96 valence electrons. The Kier molecular flexibility index (Phi) is 3.55. The molecular formula is C9H11N5O3S. The van der Waals surface area contributed by atoms with Gasteiger partial charge in [0.25, 0.3) is 0 Å². The van der Waals surface area contributed by atoms with Gasteiger partial charge in [-0.05, 0) is 6.07 Å². The molecule has 0 aromatic carbocycles. The van der Waals surface area contributed by atoms with Crippen molar-refractivity contribution in [1.82, 2.24) is 14.9 Å². The third kappa shape index (κ3) is 2.83. The Morgan fingerprint density at radius 1 is 1.39 bits per heavy atom. The zero-order chi connectivity index (χ0) is 13.0. The van der Waals surface area contributed by atoms with Crippen LogP contribution in [-0.2, 0) is 16.6 Å². The molecule has 2 aromatic rings. The number of nitrogen functional groups attached to an aromatic ring is 1. The zero-order valence-corrected chi connectivity index (χ0v) is 10.0. The van der Waals surface area contributed by atoms with Gasteiger partial charge in [-0.1, -0.05) is 5.16 Å². The van der Waals surface area contributed by atoms with Crippen LogP contribution < -0.4 is 16.0 Å². The topological polar surface area (TPSA) is 123 Å². The minimum Gasteiger partial charge on any atom is -0.364 e. The largest absolute Gasteiger partial charge is 0.364 e. The normalized spacial score (nSPS) is 11.4. The van der Waals surface area contributed by atoms with Crippen LogP contribution in [0.5, 0.6) is 0 Å². The van der Waals surface area contributed by atoms with Crippen molar-refractivity contribution in [1.29, 1.82) is 0 Å². The Morgan fingerprint density at radius 3 is 2.89 bits per heavy atom. The van der Waals surface area contributed by atoms with Crippen molar-refractivity contribution in [2.75, 3.05) is 5.43 Å². The first-order chi connectivity index (χ1) is 8.62. The lowest BCUT2D eigenvalue weighted by molar-refractivity contribution is 0.411. The highest BCUT2D eigenvalue weighted by molar-refractivity contribution is 7.89. The molecule has 0 fully saturated rings. The number of nitrogens with zero attached hydrogens (tertiary/aromatic N) is 2. The number of anilines is 1. The summed E-state index contributed by atoms with van der Waals surface area (Å²) in [6.07, 6.45) is 2.71. The molecule has 0 aliphatic heterocycles. The average Bonchev–Trinajstić information content (AvgIpc) is 2.90. The Morgan fingerprint density at radius 2 is 2.22 bits per heavy atom. The number of aromatic nitrogens is 2. The van der Waals surface area contributed by atoms with Crippen molar-refractivity contribution in [2.24, 2.45) is 5.84 Å². The van der Waals surface area contributed by atoms with Crippen molar-refractivity contribution in [3.05, 3.63) is 36.4 Å². The van der Waals surface area contributed by atoms with Crippen LogP contribution in [0.15, 0.2) is 40.1 Å². The van der Waals surface area contributed by atoms with E-state index in [2.05, 4.69) is 24.8 Å². The molecule has 0 unspecified atom stereocenters. The summed E-state index contributed by atoms with van der Waals surface area (Å²) in [6.45, 7) is 0.0482. The molecule has 0 bridgehead atoms. The van der Waals surface area contributed by atoms with Gasteiger partial charge in [0, 0.05) is 18.3 Å². The fourth-order valence-electron chi connectivity index (χ4n) is 1.24. The zero-order valence-electron chi connectivity index (χ0n) is 9.20.